The Kier molecular flexibility index (Phi) is 4.93. The zero-order valence-corrected chi connectivity index (χ0v) is 12.1. The maximum absolute atomic E-state index is 11.7. The zero-order chi connectivity index (χ0) is 13.7. The van der Waals surface area contributed by atoms with Gasteiger partial charge >= 0.3 is 0 Å². The van der Waals surface area contributed by atoms with Crippen molar-refractivity contribution in [3.05, 3.63) is 33.9 Å². The molecule has 5 nitrogen and oxygen atoms in total. The number of aryl methyl sites for hydroxylation is 1. The first-order valence-electron chi connectivity index (χ1n) is 5.90. The largest absolute Gasteiger partial charge is 0.444 e. The Bertz CT molecular complexity index is 553. The van der Waals surface area contributed by atoms with Crippen molar-refractivity contribution in [1.29, 1.82) is 0 Å². The lowest BCUT2D eigenvalue weighted by Gasteiger charge is -2.00. The molecule has 0 bridgehead atoms. The summed E-state index contributed by atoms with van der Waals surface area (Å²) in [6.45, 7) is 2.28. The molecule has 0 radical (unpaired) electrons. The van der Waals surface area contributed by atoms with Crippen molar-refractivity contribution in [2.75, 3.05) is 0 Å². The van der Waals surface area contributed by atoms with E-state index in [1.54, 1.807) is 6.20 Å². The van der Waals surface area contributed by atoms with Crippen LogP contribution in [0, 0.1) is 0 Å². The molecule has 0 aliphatic heterocycles. The Morgan fingerprint density at radius 1 is 1.58 bits per heavy atom. The fourth-order valence-electron chi connectivity index (χ4n) is 1.46. The molecule has 1 amide bonds. The number of aromatic nitrogens is 2. The molecule has 2 aromatic heterocycles. The maximum Gasteiger partial charge on any atom is 0.227 e. The van der Waals surface area contributed by atoms with Gasteiger partial charge in [-0.1, -0.05) is 6.92 Å². The fraction of sp³-hybridized carbons (Fsp3) is 0.417. The molecule has 19 heavy (non-hydrogen) atoms. The number of oxazole rings is 1. The minimum absolute atomic E-state index is 0.105. The third-order valence-electron chi connectivity index (χ3n) is 2.43. The number of thiazole rings is 1. The molecule has 2 aromatic rings. The van der Waals surface area contributed by atoms with E-state index in [1.165, 1.54) is 11.3 Å². The van der Waals surface area contributed by atoms with Crippen LogP contribution in [0.15, 0.2) is 16.0 Å². The Labute approximate surface area is 120 Å². The minimum atomic E-state index is -0.105. The second-order valence-electron chi connectivity index (χ2n) is 3.89. The van der Waals surface area contributed by atoms with Crippen LogP contribution in [-0.2, 0) is 30.1 Å². The van der Waals surface area contributed by atoms with E-state index < -0.39 is 0 Å². The van der Waals surface area contributed by atoms with Crippen molar-refractivity contribution in [2.24, 2.45) is 0 Å². The van der Waals surface area contributed by atoms with Crippen molar-refractivity contribution >= 4 is 28.8 Å². The van der Waals surface area contributed by atoms with Gasteiger partial charge < -0.3 is 9.73 Å². The summed E-state index contributed by atoms with van der Waals surface area (Å²) in [4.78, 5) is 20.0. The van der Waals surface area contributed by atoms with Crippen molar-refractivity contribution in [2.45, 2.75) is 32.2 Å². The zero-order valence-electron chi connectivity index (χ0n) is 10.5. The first-order chi connectivity index (χ1) is 9.21. The van der Waals surface area contributed by atoms with Gasteiger partial charge in [0.25, 0.3) is 0 Å². The van der Waals surface area contributed by atoms with E-state index in [0.717, 1.165) is 22.9 Å². The minimum Gasteiger partial charge on any atom is -0.444 e. The molecule has 7 heteroatoms. The van der Waals surface area contributed by atoms with Crippen LogP contribution >= 0.6 is 22.9 Å². The SMILES string of the molecule is CCc1cnc(CNC(=O)Cc2nc(CCl)cs2)o1. The molecule has 1 N–H and O–H groups in total. The molecule has 0 unspecified atom stereocenters. The standard InChI is InChI=1S/C12H14ClN3O2S/c1-2-9-5-15-11(18-9)6-14-10(17)3-12-16-8(4-13)7-19-12/h5,7H,2-4,6H2,1H3,(H,14,17). The summed E-state index contributed by atoms with van der Waals surface area (Å²) in [7, 11) is 0. The maximum atomic E-state index is 11.7. The molecule has 0 spiro atoms. The van der Waals surface area contributed by atoms with Gasteiger partial charge in [0.1, 0.15) is 10.8 Å². The fourth-order valence-corrected chi connectivity index (χ4v) is 2.48. The van der Waals surface area contributed by atoms with Crippen LogP contribution in [0.25, 0.3) is 0 Å². The molecule has 2 rings (SSSR count). The summed E-state index contributed by atoms with van der Waals surface area (Å²) in [5.41, 5.74) is 0.801. The quantitative estimate of drug-likeness (QED) is 0.831. The van der Waals surface area contributed by atoms with E-state index in [2.05, 4.69) is 15.3 Å². The Hall–Kier alpha value is -1.40. The normalized spacial score (nSPS) is 10.6. The number of carbonyl (C=O) groups is 1. The average Bonchev–Trinajstić information content (AvgIpc) is 3.04. The summed E-state index contributed by atoms with van der Waals surface area (Å²) in [5, 5.41) is 5.37. The Morgan fingerprint density at radius 3 is 3.05 bits per heavy atom. The van der Waals surface area contributed by atoms with Crippen molar-refractivity contribution < 1.29 is 9.21 Å². The second kappa shape index (κ2) is 6.68. The van der Waals surface area contributed by atoms with Crippen LogP contribution in [0.2, 0.25) is 0 Å². The molecular weight excluding hydrogens is 286 g/mol. The first-order valence-corrected chi connectivity index (χ1v) is 7.32. The molecule has 0 saturated heterocycles. The summed E-state index contributed by atoms with van der Waals surface area (Å²) < 4.78 is 5.40. The third-order valence-corrected chi connectivity index (χ3v) is 3.61. The smallest absolute Gasteiger partial charge is 0.227 e. The second-order valence-corrected chi connectivity index (χ2v) is 5.10. The number of amides is 1. The van der Waals surface area contributed by atoms with E-state index in [-0.39, 0.29) is 12.3 Å². The number of nitrogens with zero attached hydrogens (tertiary/aromatic N) is 2. The van der Waals surface area contributed by atoms with E-state index in [0.29, 0.717) is 18.3 Å². The predicted molar refractivity (Wildman–Crippen MR) is 73.1 cm³/mol. The predicted octanol–water partition coefficient (Wildman–Crippen LogP) is 2.29. The molecule has 0 aliphatic carbocycles. The lowest BCUT2D eigenvalue weighted by Crippen LogP contribution is -2.24. The topological polar surface area (TPSA) is 68.0 Å². The highest BCUT2D eigenvalue weighted by Crippen LogP contribution is 2.12. The molecule has 0 atom stereocenters. The number of halogens is 1. The number of rotatable bonds is 6. The van der Waals surface area contributed by atoms with Crippen molar-refractivity contribution in [1.82, 2.24) is 15.3 Å². The van der Waals surface area contributed by atoms with Gasteiger partial charge in [0, 0.05) is 11.8 Å². The molecule has 0 aromatic carbocycles. The van der Waals surface area contributed by atoms with Gasteiger partial charge in [-0.3, -0.25) is 4.79 Å². The molecule has 0 aliphatic rings. The molecule has 0 saturated carbocycles. The number of hydrogen-bond acceptors (Lipinski definition) is 5. The highest BCUT2D eigenvalue weighted by atomic mass is 35.5. The van der Waals surface area contributed by atoms with Gasteiger partial charge in [-0.15, -0.1) is 22.9 Å². The average molecular weight is 300 g/mol. The van der Waals surface area contributed by atoms with Crippen LogP contribution < -0.4 is 5.32 Å². The lowest BCUT2D eigenvalue weighted by atomic mass is 10.4. The molecule has 0 fully saturated rings. The Balaban J connectivity index is 1.81. The molecule has 2 heterocycles. The summed E-state index contributed by atoms with van der Waals surface area (Å²) in [5.74, 6) is 1.60. The third kappa shape index (κ3) is 4.04. The van der Waals surface area contributed by atoms with Gasteiger partial charge in [0.15, 0.2) is 0 Å². The highest BCUT2D eigenvalue weighted by Gasteiger charge is 2.09. The van der Waals surface area contributed by atoms with Crippen LogP contribution in [0.5, 0.6) is 0 Å². The van der Waals surface area contributed by atoms with E-state index in [4.69, 9.17) is 16.0 Å². The first kappa shape index (κ1) is 14.0. The van der Waals surface area contributed by atoms with Crippen molar-refractivity contribution in [3.63, 3.8) is 0 Å². The van der Waals surface area contributed by atoms with Gasteiger partial charge in [-0.25, -0.2) is 9.97 Å². The van der Waals surface area contributed by atoms with E-state index in [9.17, 15) is 4.79 Å². The summed E-state index contributed by atoms with van der Waals surface area (Å²) in [6.07, 6.45) is 2.72. The number of hydrogen-bond donors (Lipinski definition) is 1. The number of carbonyl (C=O) groups excluding carboxylic acids is 1. The molecule has 102 valence electrons. The van der Waals surface area contributed by atoms with Crippen LogP contribution in [0.3, 0.4) is 0 Å². The van der Waals surface area contributed by atoms with Crippen LogP contribution in [0.1, 0.15) is 29.3 Å². The number of alkyl halides is 1. The summed E-state index contributed by atoms with van der Waals surface area (Å²) >= 11 is 7.09. The van der Waals surface area contributed by atoms with Gasteiger partial charge in [0.05, 0.1) is 30.7 Å². The summed E-state index contributed by atoms with van der Waals surface area (Å²) in [6, 6.07) is 0. The van der Waals surface area contributed by atoms with Crippen LogP contribution in [-0.4, -0.2) is 15.9 Å². The molecular formula is C12H14ClN3O2S. The number of nitrogens with one attached hydrogen (secondary N) is 1. The van der Waals surface area contributed by atoms with Gasteiger partial charge in [-0.05, 0) is 0 Å². The van der Waals surface area contributed by atoms with E-state index in [1.807, 2.05) is 12.3 Å². The van der Waals surface area contributed by atoms with Gasteiger partial charge in [0.2, 0.25) is 11.8 Å². The van der Waals surface area contributed by atoms with Gasteiger partial charge in [-0.2, -0.15) is 0 Å². The Morgan fingerprint density at radius 2 is 2.42 bits per heavy atom. The highest BCUT2D eigenvalue weighted by molar-refractivity contribution is 7.09. The van der Waals surface area contributed by atoms with Crippen molar-refractivity contribution in [3.8, 4) is 0 Å². The van der Waals surface area contributed by atoms with E-state index >= 15 is 0 Å². The monoisotopic (exact) mass is 299 g/mol. The van der Waals surface area contributed by atoms with Crippen LogP contribution in [0.4, 0.5) is 0 Å². The lowest BCUT2D eigenvalue weighted by molar-refractivity contribution is -0.120.